The quantitative estimate of drug-likeness (QED) is 0.368. The van der Waals surface area contributed by atoms with E-state index >= 15 is 0 Å². The number of pyridine rings is 2. The van der Waals surface area contributed by atoms with Crippen LogP contribution in [0.5, 0.6) is 11.6 Å². The number of nitrogens with zero attached hydrogens (tertiary/aromatic N) is 5. The predicted octanol–water partition coefficient (Wildman–Crippen LogP) is 4.02. The van der Waals surface area contributed by atoms with Crippen molar-refractivity contribution in [1.29, 1.82) is 5.26 Å². The van der Waals surface area contributed by atoms with Gasteiger partial charge in [-0.2, -0.15) is 5.26 Å². The van der Waals surface area contributed by atoms with Gasteiger partial charge in [0, 0.05) is 36.5 Å². The van der Waals surface area contributed by atoms with E-state index in [4.69, 9.17) is 9.47 Å². The molecule has 0 saturated carbocycles. The summed E-state index contributed by atoms with van der Waals surface area (Å²) < 4.78 is 41.7. The largest absolute Gasteiger partial charge is 0.491 e. The summed E-state index contributed by atoms with van der Waals surface area (Å²) in [5, 5.41) is 10.1. The van der Waals surface area contributed by atoms with E-state index in [9.17, 15) is 13.7 Å². The Labute approximate surface area is 201 Å². The third-order valence-corrected chi connectivity index (χ3v) is 7.64. The molecule has 0 bridgehead atoms. The number of aryl methyl sites for hydroxylation is 2. The lowest BCUT2D eigenvalue weighted by atomic mass is 10.1. The van der Waals surface area contributed by atoms with E-state index < -0.39 is 10.0 Å². The maximum atomic E-state index is 13.9. The molecule has 4 heterocycles. The summed E-state index contributed by atoms with van der Waals surface area (Å²) in [6, 6.07) is 13.7. The molecule has 1 aromatic carbocycles. The molecule has 5 rings (SSSR count). The van der Waals surface area contributed by atoms with Crippen LogP contribution in [0, 0.1) is 18.3 Å². The van der Waals surface area contributed by atoms with Gasteiger partial charge in [-0.25, -0.2) is 22.4 Å². The van der Waals surface area contributed by atoms with Crippen LogP contribution in [0.15, 0.2) is 59.8 Å². The van der Waals surface area contributed by atoms with Gasteiger partial charge in [0.05, 0.1) is 42.0 Å². The first-order valence-electron chi connectivity index (χ1n) is 10.6. The van der Waals surface area contributed by atoms with Gasteiger partial charge in [-0.15, -0.1) is 0 Å². The van der Waals surface area contributed by atoms with Crippen LogP contribution in [0.1, 0.15) is 11.1 Å². The van der Waals surface area contributed by atoms with Crippen molar-refractivity contribution in [2.75, 3.05) is 14.2 Å². The molecule has 0 spiro atoms. The summed E-state index contributed by atoms with van der Waals surface area (Å²) in [6.07, 6.45) is 3.22. The van der Waals surface area contributed by atoms with Gasteiger partial charge in [0.1, 0.15) is 5.52 Å². The molecule has 0 aliphatic rings. The SMILES string of the molecule is COc1cc2c(nc1OC)c(-c1cc3c(C#N)ccnc3n1S(=O)(=O)c1ccc(C)cc1)cn2C. The average Bonchev–Trinajstić information content (AvgIpc) is 3.41. The van der Waals surface area contributed by atoms with Gasteiger partial charge in [-0.05, 0) is 31.2 Å². The lowest BCUT2D eigenvalue weighted by Gasteiger charge is -2.12. The van der Waals surface area contributed by atoms with Gasteiger partial charge < -0.3 is 14.0 Å². The van der Waals surface area contributed by atoms with Crippen molar-refractivity contribution in [1.82, 2.24) is 18.5 Å². The zero-order chi connectivity index (χ0) is 24.9. The molecule has 0 fully saturated rings. The molecule has 0 amide bonds. The van der Waals surface area contributed by atoms with E-state index in [0.29, 0.717) is 33.5 Å². The van der Waals surface area contributed by atoms with E-state index in [1.54, 1.807) is 48.7 Å². The third kappa shape index (κ3) is 3.40. The first kappa shape index (κ1) is 22.4. The number of nitriles is 1. The number of ether oxygens (including phenoxy) is 2. The topological polar surface area (TPSA) is 112 Å². The van der Waals surface area contributed by atoms with Gasteiger partial charge in [0.15, 0.2) is 11.4 Å². The number of rotatable bonds is 5. The van der Waals surface area contributed by atoms with Crippen LogP contribution < -0.4 is 9.47 Å². The Morgan fingerprint density at radius 1 is 1.06 bits per heavy atom. The molecule has 0 aliphatic heterocycles. The molecule has 4 aromatic heterocycles. The van der Waals surface area contributed by atoms with Gasteiger partial charge in [-0.1, -0.05) is 17.7 Å². The van der Waals surface area contributed by atoms with Crippen molar-refractivity contribution in [3.63, 3.8) is 0 Å². The lowest BCUT2D eigenvalue weighted by molar-refractivity contribution is 0.344. The Kier molecular flexibility index (Phi) is 5.22. The zero-order valence-corrected chi connectivity index (χ0v) is 20.3. The summed E-state index contributed by atoms with van der Waals surface area (Å²) in [4.78, 5) is 9.08. The van der Waals surface area contributed by atoms with Crippen LogP contribution >= 0.6 is 0 Å². The van der Waals surface area contributed by atoms with Crippen LogP contribution in [0.3, 0.4) is 0 Å². The van der Waals surface area contributed by atoms with Crippen molar-refractivity contribution in [3.05, 3.63) is 66.0 Å². The molecule has 0 N–H and O–H groups in total. The Morgan fingerprint density at radius 2 is 1.80 bits per heavy atom. The molecule has 0 aliphatic carbocycles. The molecule has 0 saturated heterocycles. The average molecular weight is 488 g/mol. The highest BCUT2D eigenvalue weighted by molar-refractivity contribution is 7.90. The van der Waals surface area contributed by atoms with Crippen LogP contribution in [0.4, 0.5) is 0 Å². The lowest BCUT2D eigenvalue weighted by Crippen LogP contribution is -2.14. The summed E-state index contributed by atoms with van der Waals surface area (Å²) in [7, 11) is 0.766. The Bertz CT molecular complexity index is 1760. The van der Waals surface area contributed by atoms with E-state index in [2.05, 4.69) is 16.0 Å². The first-order chi connectivity index (χ1) is 16.8. The van der Waals surface area contributed by atoms with Gasteiger partial charge in [0.25, 0.3) is 15.9 Å². The minimum absolute atomic E-state index is 0.110. The number of hydrogen-bond donors (Lipinski definition) is 0. The number of hydrogen-bond acceptors (Lipinski definition) is 7. The predicted molar refractivity (Wildman–Crippen MR) is 131 cm³/mol. The zero-order valence-electron chi connectivity index (χ0n) is 19.5. The third-order valence-electron chi connectivity index (χ3n) is 5.92. The number of benzene rings is 1. The molecule has 5 aromatic rings. The minimum atomic E-state index is -4.08. The molecular formula is C25H21N5O4S. The van der Waals surface area contributed by atoms with Crippen molar-refractivity contribution < 1.29 is 17.9 Å². The maximum Gasteiger partial charge on any atom is 0.269 e. The normalized spacial score (nSPS) is 11.6. The second-order valence-corrected chi connectivity index (χ2v) is 9.83. The molecule has 10 heteroatoms. The Hall–Kier alpha value is -4.36. The monoisotopic (exact) mass is 487 g/mol. The fourth-order valence-electron chi connectivity index (χ4n) is 4.16. The number of methoxy groups -OCH3 is 2. The Balaban J connectivity index is 1.90. The van der Waals surface area contributed by atoms with Gasteiger partial charge in [-0.3, -0.25) is 0 Å². The second-order valence-electron chi connectivity index (χ2n) is 8.04. The highest BCUT2D eigenvalue weighted by atomic mass is 32.2. The van der Waals surface area contributed by atoms with Crippen molar-refractivity contribution >= 4 is 32.1 Å². The van der Waals surface area contributed by atoms with Crippen LogP contribution in [-0.2, 0) is 17.1 Å². The summed E-state index contributed by atoms with van der Waals surface area (Å²) >= 11 is 0. The van der Waals surface area contributed by atoms with Crippen LogP contribution in [0.2, 0.25) is 0 Å². The highest BCUT2D eigenvalue weighted by Crippen LogP contribution is 2.39. The smallest absolute Gasteiger partial charge is 0.269 e. The molecule has 0 radical (unpaired) electrons. The van der Waals surface area contributed by atoms with Crippen molar-refractivity contribution in [2.45, 2.75) is 11.8 Å². The molecule has 0 unspecified atom stereocenters. The molecular weight excluding hydrogens is 466 g/mol. The van der Waals surface area contributed by atoms with Crippen molar-refractivity contribution in [3.8, 4) is 29.0 Å². The van der Waals surface area contributed by atoms with E-state index in [1.165, 1.54) is 24.4 Å². The molecule has 35 heavy (non-hydrogen) atoms. The van der Waals surface area contributed by atoms with Crippen LogP contribution in [-0.4, -0.2) is 41.1 Å². The first-order valence-corrected chi connectivity index (χ1v) is 12.1. The fraction of sp³-hybridized carbons (Fsp3) is 0.160. The minimum Gasteiger partial charge on any atom is -0.491 e. The second kappa shape index (κ2) is 8.14. The standard InChI is InChI=1S/C25H21N5O4S/c1-15-5-7-17(8-6-15)35(31,32)30-20(11-18-16(13-26)9-10-27-24(18)30)19-14-29(2)21-12-22(33-3)25(34-4)28-23(19)21/h5-12,14H,1-4H3. The number of fused-ring (bicyclic) bond motifs is 2. The van der Waals surface area contributed by atoms with Crippen molar-refractivity contribution in [2.24, 2.45) is 7.05 Å². The maximum absolute atomic E-state index is 13.9. The van der Waals surface area contributed by atoms with Gasteiger partial charge >= 0.3 is 0 Å². The highest BCUT2D eigenvalue weighted by Gasteiger charge is 2.28. The number of aromatic nitrogens is 4. The molecule has 9 nitrogen and oxygen atoms in total. The molecule has 176 valence electrons. The van der Waals surface area contributed by atoms with E-state index in [1.807, 2.05) is 18.5 Å². The van der Waals surface area contributed by atoms with Gasteiger partial charge in [0.2, 0.25) is 0 Å². The van der Waals surface area contributed by atoms with E-state index in [-0.39, 0.29) is 16.4 Å². The Morgan fingerprint density at radius 3 is 2.46 bits per heavy atom. The van der Waals surface area contributed by atoms with Crippen LogP contribution in [0.25, 0.3) is 33.3 Å². The van der Waals surface area contributed by atoms with E-state index in [0.717, 1.165) is 11.1 Å². The fourth-order valence-corrected chi connectivity index (χ4v) is 5.63. The summed E-state index contributed by atoms with van der Waals surface area (Å²) in [6.45, 7) is 1.89. The summed E-state index contributed by atoms with van der Waals surface area (Å²) in [5.74, 6) is 0.723. The summed E-state index contributed by atoms with van der Waals surface area (Å²) in [5.41, 5.74) is 3.54. The molecule has 0 atom stereocenters.